The molecule has 13 heteroatoms. The van der Waals surface area contributed by atoms with E-state index in [4.69, 9.17) is 23.4 Å². The lowest BCUT2D eigenvalue weighted by atomic mass is 10.1. The molecule has 0 unspecified atom stereocenters. The number of nitriles is 1. The molecule has 0 fully saturated rings. The third kappa shape index (κ3) is 5.48. The second kappa shape index (κ2) is 10.5. The molecular formula is C20H19Cl2FN6O2S2. The fraction of sp³-hybridized carbons (Fsp3) is 0.200. The molecule has 0 spiro atoms. The Morgan fingerprint density at radius 3 is 2.67 bits per heavy atom. The van der Waals surface area contributed by atoms with Crippen LogP contribution in [0.3, 0.4) is 0 Å². The molecule has 8 nitrogen and oxygen atoms in total. The van der Waals surface area contributed by atoms with Crippen LogP contribution >= 0.6 is 34.7 Å². The molecule has 0 saturated carbocycles. The van der Waals surface area contributed by atoms with E-state index in [2.05, 4.69) is 21.7 Å². The van der Waals surface area contributed by atoms with Crippen molar-refractivity contribution in [3.63, 3.8) is 0 Å². The number of hydrogen-bond donors (Lipinski definition) is 2. The first-order chi connectivity index (χ1) is 15.7. The van der Waals surface area contributed by atoms with Gasteiger partial charge < -0.3 is 15.5 Å². The number of rotatable bonds is 9. The first kappa shape index (κ1) is 25.0. The zero-order chi connectivity index (χ0) is 24.2. The Balaban J connectivity index is 1.97. The van der Waals surface area contributed by atoms with Crippen molar-refractivity contribution in [3.8, 4) is 6.07 Å². The molecular weight excluding hydrogens is 510 g/mol. The Kier molecular flexibility index (Phi) is 7.99. The van der Waals surface area contributed by atoms with Crippen LogP contribution < -0.4 is 19.4 Å². The van der Waals surface area contributed by atoms with Gasteiger partial charge in [0.2, 0.25) is 0 Å². The van der Waals surface area contributed by atoms with E-state index in [-0.39, 0.29) is 16.5 Å². The van der Waals surface area contributed by atoms with Crippen LogP contribution in [0.2, 0.25) is 5.02 Å². The minimum atomic E-state index is -4.44. The maximum Gasteiger partial charge on any atom is 0.282 e. The van der Waals surface area contributed by atoms with Crippen molar-refractivity contribution in [2.75, 3.05) is 41.2 Å². The van der Waals surface area contributed by atoms with Gasteiger partial charge in [0, 0.05) is 43.4 Å². The van der Waals surface area contributed by atoms with E-state index in [1.807, 2.05) is 19.0 Å². The van der Waals surface area contributed by atoms with Gasteiger partial charge in [0.25, 0.3) is 10.0 Å². The van der Waals surface area contributed by atoms with E-state index >= 15 is 0 Å². The zero-order valence-corrected chi connectivity index (χ0v) is 20.7. The van der Waals surface area contributed by atoms with Crippen molar-refractivity contribution >= 4 is 67.6 Å². The van der Waals surface area contributed by atoms with Gasteiger partial charge in [-0.1, -0.05) is 11.6 Å². The highest BCUT2D eigenvalue weighted by molar-refractivity contribution is 7.94. The molecule has 0 bridgehead atoms. The number of thiazole rings is 1. The summed E-state index contributed by atoms with van der Waals surface area (Å²) in [5, 5.41) is 16.7. The average Bonchev–Trinajstić information content (AvgIpc) is 3.34. The smallest absolute Gasteiger partial charge is 0.282 e. The van der Waals surface area contributed by atoms with Crippen LogP contribution in [0, 0.1) is 17.1 Å². The van der Waals surface area contributed by atoms with Gasteiger partial charge in [0.05, 0.1) is 39.2 Å². The Morgan fingerprint density at radius 2 is 2.03 bits per heavy atom. The summed E-state index contributed by atoms with van der Waals surface area (Å²) in [6.45, 7) is 1.34. The summed E-state index contributed by atoms with van der Waals surface area (Å²) < 4.78 is 40.9. The largest absolute Gasteiger partial charge is 0.372 e. The summed E-state index contributed by atoms with van der Waals surface area (Å²) in [6, 6.07) is 9.04. The normalized spacial score (nSPS) is 11.2. The van der Waals surface area contributed by atoms with E-state index in [9.17, 15) is 18.1 Å². The van der Waals surface area contributed by atoms with Crippen molar-refractivity contribution in [2.24, 2.45) is 0 Å². The Bertz CT molecular complexity index is 1280. The van der Waals surface area contributed by atoms with Crippen LogP contribution in [0.4, 0.5) is 27.3 Å². The predicted octanol–water partition coefficient (Wildman–Crippen LogP) is 4.56. The van der Waals surface area contributed by atoms with Crippen molar-refractivity contribution in [3.05, 3.63) is 57.6 Å². The number of benzene rings is 2. The van der Waals surface area contributed by atoms with Crippen LogP contribution in [-0.4, -0.2) is 40.6 Å². The third-order valence-electron chi connectivity index (χ3n) is 4.61. The van der Waals surface area contributed by atoms with Gasteiger partial charge in [0.15, 0.2) is 5.82 Å². The van der Waals surface area contributed by atoms with Gasteiger partial charge in [-0.05, 0) is 31.3 Å². The molecule has 0 aliphatic heterocycles. The van der Waals surface area contributed by atoms with E-state index in [1.54, 1.807) is 18.2 Å². The van der Waals surface area contributed by atoms with Crippen molar-refractivity contribution < 1.29 is 12.8 Å². The number of nitrogens with one attached hydrogen (secondary N) is 2. The van der Waals surface area contributed by atoms with Crippen LogP contribution in [0.25, 0.3) is 0 Å². The molecule has 3 aromatic rings. The maximum absolute atomic E-state index is 14.9. The predicted molar refractivity (Wildman–Crippen MR) is 131 cm³/mol. The lowest BCUT2D eigenvalue weighted by Gasteiger charge is -2.24. The number of halogens is 3. The van der Waals surface area contributed by atoms with Crippen LogP contribution in [0.15, 0.2) is 46.1 Å². The maximum atomic E-state index is 14.9. The average molecular weight is 529 g/mol. The first-order valence-corrected chi connectivity index (χ1v) is 12.5. The molecule has 1 aromatic heterocycles. The summed E-state index contributed by atoms with van der Waals surface area (Å²) in [7, 11) is -0.763. The second-order valence-electron chi connectivity index (χ2n) is 6.82. The molecule has 3 rings (SSSR count). The lowest BCUT2D eigenvalue weighted by molar-refractivity contribution is 0.568. The number of likely N-dealkylation sites (N-methyl/N-ethyl adjacent to an activating group) is 2. The Labute approximate surface area is 205 Å². The molecule has 0 aliphatic carbocycles. The lowest BCUT2D eigenvalue weighted by Crippen LogP contribution is -2.27. The molecule has 0 atom stereocenters. The van der Waals surface area contributed by atoms with Gasteiger partial charge in [-0.25, -0.2) is 9.37 Å². The highest BCUT2D eigenvalue weighted by atomic mass is 35.5. The minimum Gasteiger partial charge on any atom is -0.372 e. The molecule has 0 amide bonds. The number of hydrogen-bond acceptors (Lipinski definition) is 8. The summed E-state index contributed by atoms with van der Waals surface area (Å²) in [4.78, 5) is 5.06. The monoisotopic (exact) mass is 528 g/mol. The number of nitrogens with zero attached hydrogens (tertiary/aromatic N) is 4. The third-order valence-corrected chi connectivity index (χ3v) is 7.70. The molecule has 1 heterocycles. The van der Waals surface area contributed by atoms with E-state index in [1.165, 1.54) is 10.9 Å². The van der Waals surface area contributed by atoms with Crippen LogP contribution in [0.5, 0.6) is 0 Å². The summed E-state index contributed by atoms with van der Waals surface area (Å²) in [5.41, 5.74) is 3.25. The topological polar surface area (TPSA) is 101 Å². The van der Waals surface area contributed by atoms with E-state index in [0.717, 1.165) is 23.5 Å². The number of sulfonamides is 1. The van der Waals surface area contributed by atoms with Gasteiger partial charge in [-0.3, -0.25) is 0 Å². The fourth-order valence-electron chi connectivity index (χ4n) is 2.89. The first-order valence-electron chi connectivity index (χ1n) is 9.44. The van der Waals surface area contributed by atoms with Crippen LogP contribution in [0.1, 0.15) is 5.56 Å². The van der Waals surface area contributed by atoms with Gasteiger partial charge >= 0.3 is 0 Å². The molecule has 2 N–H and O–H groups in total. The Hall–Kier alpha value is -2.62. The molecule has 0 aliphatic rings. The molecule has 174 valence electrons. The van der Waals surface area contributed by atoms with Crippen molar-refractivity contribution in [1.29, 1.82) is 5.26 Å². The van der Waals surface area contributed by atoms with E-state index in [0.29, 0.717) is 33.9 Å². The minimum absolute atomic E-state index is 0.0356. The molecule has 0 radical (unpaired) electrons. The summed E-state index contributed by atoms with van der Waals surface area (Å²) >= 11 is 13.4. The summed E-state index contributed by atoms with van der Waals surface area (Å²) in [6.07, 6.45) is 0. The zero-order valence-electron chi connectivity index (χ0n) is 17.5. The highest BCUT2D eigenvalue weighted by Crippen LogP contribution is 2.36. The SMILES string of the molecule is CNCCN(C)c1cc(C#N)ccc1Nc1cc(F)c(S(=O)(=O)N(Cl)c2cscn2)cc1Cl. The van der Waals surface area contributed by atoms with E-state index < -0.39 is 20.7 Å². The molecule has 33 heavy (non-hydrogen) atoms. The number of aromatic nitrogens is 1. The molecule has 2 aromatic carbocycles. The van der Waals surface area contributed by atoms with Crippen molar-refractivity contribution in [1.82, 2.24) is 10.3 Å². The summed E-state index contributed by atoms with van der Waals surface area (Å²) in [5.74, 6) is -1.09. The standard InChI is InChI=1S/C20H19Cl2FN6O2S2/c1-25-5-6-28(2)18-7-13(10-24)3-4-16(18)27-17-9-15(23)19(8-14(17)21)33(30,31)29(22)20-11-32-12-26-20/h3-4,7-9,11-12,25,27H,5-6H2,1-2H3. The fourth-order valence-corrected chi connectivity index (χ4v) is 5.22. The quantitative estimate of drug-likeness (QED) is 0.392. The number of anilines is 4. The Morgan fingerprint density at radius 1 is 1.27 bits per heavy atom. The van der Waals surface area contributed by atoms with Gasteiger partial charge in [-0.2, -0.15) is 17.5 Å². The van der Waals surface area contributed by atoms with Crippen LogP contribution in [-0.2, 0) is 10.0 Å². The molecule has 0 saturated heterocycles. The highest BCUT2D eigenvalue weighted by Gasteiger charge is 2.29. The second-order valence-corrected chi connectivity index (χ2v) is 10.2. The van der Waals surface area contributed by atoms with Gasteiger partial charge in [-0.15, -0.1) is 11.3 Å². The van der Waals surface area contributed by atoms with Gasteiger partial charge in [0.1, 0.15) is 10.7 Å². The van der Waals surface area contributed by atoms with Crippen molar-refractivity contribution in [2.45, 2.75) is 4.90 Å².